The fourth-order valence-electron chi connectivity index (χ4n) is 2.58. The third-order valence-electron chi connectivity index (χ3n) is 3.37. The van der Waals surface area contributed by atoms with Gasteiger partial charge in [0.2, 0.25) is 0 Å². The third kappa shape index (κ3) is 4.65. The summed E-state index contributed by atoms with van der Waals surface area (Å²) in [6, 6.07) is 1.00. The second-order valence-corrected chi connectivity index (χ2v) is 4.49. The van der Waals surface area contributed by atoms with Gasteiger partial charge in [0.25, 0.3) is 0 Å². The number of piperidine rings is 1. The van der Waals surface area contributed by atoms with Crippen molar-refractivity contribution in [3.8, 4) is 0 Å². The fourth-order valence-corrected chi connectivity index (χ4v) is 2.58. The van der Waals surface area contributed by atoms with Gasteiger partial charge in [-0.15, -0.1) is 0 Å². The molecule has 0 aliphatic carbocycles. The second-order valence-electron chi connectivity index (χ2n) is 4.49. The zero-order valence-corrected chi connectivity index (χ0v) is 10.6. The van der Waals surface area contributed by atoms with Gasteiger partial charge >= 0.3 is 0 Å². The average molecular weight is 220 g/mol. The van der Waals surface area contributed by atoms with E-state index in [1.54, 1.807) is 0 Å². The minimum Gasteiger partial charge on any atom is -1.00 e. The minimum atomic E-state index is 0. The van der Waals surface area contributed by atoms with E-state index in [0.29, 0.717) is 0 Å². The van der Waals surface area contributed by atoms with Gasteiger partial charge in [-0.2, -0.15) is 0 Å². The van der Waals surface area contributed by atoms with Crippen molar-refractivity contribution in [1.29, 1.82) is 0 Å². The van der Waals surface area contributed by atoms with Gasteiger partial charge in [-0.1, -0.05) is 26.7 Å². The Morgan fingerprint density at radius 1 is 1.14 bits per heavy atom. The van der Waals surface area contributed by atoms with Crippen LogP contribution < -0.4 is 17.3 Å². The highest BCUT2D eigenvalue weighted by Gasteiger charge is 2.23. The first-order chi connectivity index (χ1) is 6.38. The number of hydrogen-bond donors (Lipinski definition) is 1. The van der Waals surface area contributed by atoms with Gasteiger partial charge < -0.3 is 17.3 Å². The molecule has 0 radical (unpaired) electrons. The van der Waals surface area contributed by atoms with Crippen LogP contribution in [-0.4, -0.2) is 19.1 Å². The lowest BCUT2D eigenvalue weighted by Crippen LogP contribution is -3.16. The average Bonchev–Trinajstić information content (AvgIpc) is 2.17. The molecule has 2 atom stereocenters. The summed E-state index contributed by atoms with van der Waals surface area (Å²) in [5.74, 6) is 0. The first-order valence-corrected chi connectivity index (χ1v) is 6.23. The van der Waals surface area contributed by atoms with Gasteiger partial charge in [-0.25, -0.2) is 0 Å². The molecule has 1 N–H and O–H groups in total. The van der Waals surface area contributed by atoms with Crippen LogP contribution in [0.2, 0.25) is 0 Å². The summed E-state index contributed by atoms with van der Waals surface area (Å²) in [4.78, 5) is 1.91. The number of nitrogens with one attached hydrogen (secondary N) is 1. The number of hydrogen-bond acceptors (Lipinski definition) is 0. The van der Waals surface area contributed by atoms with Crippen LogP contribution >= 0.6 is 0 Å². The van der Waals surface area contributed by atoms with Crippen LogP contribution in [0.25, 0.3) is 0 Å². The second kappa shape index (κ2) is 8.55. The van der Waals surface area contributed by atoms with Gasteiger partial charge in [-0.3, -0.25) is 0 Å². The van der Waals surface area contributed by atoms with Crippen molar-refractivity contribution in [2.75, 3.05) is 13.1 Å². The molecule has 0 aromatic carbocycles. The molecule has 1 aliphatic rings. The van der Waals surface area contributed by atoms with Gasteiger partial charge in [0.1, 0.15) is 0 Å². The summed E-state index contributed by atoms with van der Waals surface area (Å²) in [5, 5.41) is 0. The van der Waals surface area contributed by atoms with Crippen molar-refractivity contribution in [1.82, 2.24) is 0 Å². The number of rotatable bonds is 5. The third-order valence-corrected chi connectivity index (χ3v) is 3.37. The van der Waals surface area contributed by atoms with E-state index in [2.05, 4.69) is 13.8 Å². The smallest absolute Gasteiger partial charge is 0.0874 e. The molecule has 0 aromatic rings. The zero-order valence-electron chi connectivity index (χ0n) is 9.82. The molecule has 1 heterocycles. The highest BCUT2D eigenvalue weighted by molar-refractivity contribution is 4.60. The molecule has 0 saturated carbocycles. The molecule has 86 valence electrons. The first kappa shape index (κ1) is 14.2. The summed E-state index contributed by atoms with van der Waals surface area (Å²) in [6.07, 6.45) is 10.1. The van der Waals surface area contributed by atoms with Crippen molar-refractivity contribution in [2.24, 2.45) is 0 Å². The Bertz CT molecular complexity index is 125. The van der Waals surface area contributed by atoms with E-state index < -0.39 is 0 Å². The number of quaternary nitrogens is 1. The Kier molecular flexibility index (Phi) is 8.70. The van der Waals surface area contributed by atoms with E-state index in [1.807, 2.05) is 4.90 Å². The molecule has 1 nitrogen and oxygen atoms in total. The molecule has 0 bridgehead atoms. The minimum absolute atomic E-state index is 0. The molecule has 2 heteroatoms. The highest BCUT2D eigenvalue weighted by atomic mass is 35.5. The molecular weight excluding hydrogens is 194 g/mol. The van der Waals surface area contributed by atoms with Crippen LogP contribution in [-0.2, 0) is 0 Å². The van der Waals surface area contributed by atoms with E-state index in [1.165, 1.54) is 58.0 Å². The lowest BCUT2D eigenvalue weighted by molar-refractivity contribution is -0.931. The van der Waals surface area contributed by atoms with Crippen LogP contribution in [0.1, 0.15) is 58.8 Å². The zero-order chi connectivity index (χ0) is 9.52. The van der Waals surface area contributed by atoms with Crippen molar-refractivity contribution >= 4 is 0 Å². The van der Waals surface area contributed by atoms with Gasteiger partial charge in [0, 0.05) is 0 Å². The topological polar surface area (TPSA) is 4.44 Å². The number of unbranched alkanes of at least 4 members (excludes halogenated alkanes) is 1. The summed E-state index contributed by atoms with van der Waals surface area (Å²) in [5.41, 5.74) is 0. The summed E-state index contributed by atoms with van der Waals surface area (Å²) in [6.45, 7) is 7.51. The number of likely N-dealkylation sites (tertiary alicyclic amines) is 1. The Morgan fingerprint density at radius 2 is 1.93 bits per heavy atom. The Labute approximate surface area is 95.7 Å². The van der Waals surface area contributed by atoms with Crippen molar-refractivity contribution in [2.45, 2.75) is 64.8 Å². The normalized spacial score (nSPS) is 27.0. The van der Waals surface area contributed by atoms with E-state index in [9.17, 15) is 0 Å². The van der Waals surface area contributed by atoms with Crippen LogP contribution in [0.15, 0.2) is 0 Å². The Morgan fingerprint density at radius 3 is 2.57 bits per heavy atom. The van der Waals surface area contributed by atoms with E-state index in [4.69, 9.17) is 0 Å². The quantitative estimate of drug-likeness (QED) is 0.607. The Hall–Kier alpha value is 0.250. The molecule has 0 spiro atoms. The maximum atomic E-state index is 2.33. The van der Waals surface area contributed by atoms with Gasteiger partial charge in [0.15, 0.2) is 0 Å². The molecular formula is C12H26ClN. The standard InChI is InChI=1S/C12H25N.ClH/c1-3-5-10-13-11-7-6-9-12(13)8-4-2;/h12H,3-11H2,1-2H3;1H. The van der Waals surface area contributed by atoms with Gasteiger partial charge in [-0.05, 0) is 32.1 Å². The monoisotopic (exact) mass is 219 g/mol. The largest absolute Gasteiger partial charge is 1.00 e. The van der Waals surface area contributed by atoms with Crippen molar-refractivity contribution in [3.63, 3.8) is 0 Å². The molecule has 1 saturated heterocycles. The molecule has 1 fully saturated rings. The summed E-state index contributed by atoms with van der Waals surface area (Å²) < 4.78 is 0. The molecule has 14 heavy (non-hydrogen) atoms. The highest BCUT2D eigenvalue weighted by Crippen LogP contribution is 2.07. The lowest BCUT2D eigenvalue weighted by Gasteiger charge is -2.32. The maximum absolute atomic E-state index is 2.33. The van der Waals surface area contributed by atoms with E-state index in [-0.39, 0.29) is 12.4 Å². The van der Waals surface area contributed by atoms with E-state index in [0.717, 1.165) is 6.04 Å². The summed E-state index contributed by atoms with van der Waals surface area (Å²) in [7, 11) is 0. The molecule has 1 rings (SSSR count). The Balaban J connectivity index is 0.00000169. The molecule has 0 amide bonds. The summed E-state index contributed by atoms with van der Waals surface area (Å²) >= 11 is 0. The molecule has 1 aliphatic heterocycles. The first-order valence-electron chi connectivity index (χ1n) is 6.23. The molecule has 0 aromatic heterocycles. The van der Waals surface area contributed by atoms with E-state index >= 15 is 0 Å². The SMILES string of the molecule is CCCC[NH+]1CCCCC1CCC.[Cl-]. The van der Waals surface area contributed by atoms with Crippen molar-refractivity contribution in [3.05, 3.63) is 0 Å². The van der Waals surface area contributed by atoms with Crippen LogP contribution in [0.4, 0.5) is 0 Å². The van der Waals surface area contributed by atoms with Gasteiger partial charge in [0.05, 0.1) is 19.1 Å². The molecule has 2 unspecified atom stereocenters. The fraction of sp³-hybridized carbons (Fsp3) is 1.00. The predicted molar refractivity (Wildman–Crippen MR) is 58.2 cm³/mol. The lowest BCUT2D eigenvalue weighted by atomic mass is 9.98. The van der Waals surface area contributed by atoms with Crippen molar-refractivity contribution < 1.29 is 17.3 Å². The van der Waals surface area contributed by atoms with Crippen LogP contribution in [0.3, 0.4) is 0 Å². The number of halogens is 1. The van der Waals surface area contributed by atoms with Crippen LogP contribution in [0, 0.1) is 0 Å². The van der Waals surface area contributed by atoms with Crippen LogP contribution in [0.5, 0.6) is 0 Å². The predicted octanol–water partition coefficient (Wildman–Crippen LogP) is -0.972. The maximum Gasteiger partial charge on any atom is 0.0874 e.